The van der Waals surface area contributed by atoms with E-state index < -0.39 is 0 Å². The molecule has 0 radical (unpaired) electrons. The highest BCUT2D eigenvalue weighted by atomic mass is 15.4. The molecule has 0 saturated carbocycles. The van der Waals surface area contributed by atoms with Crippen molar-refractivity contribution < 1.29 is 0 Å². The zero-order chi connectivity index (χ0) is 27.4. The fourth-order valence-electron chi connectivity index (χ4n) is 6.19. The second kappa shape index (κ2) is 27.9. The van der Waals surface area contributed by atoms with E-state index >= 15 is 0 Å². The van der Waals surface area contributed by atoms with Gasteiger partial charge in [-0.25, -0.2) is 0 Å². The first kappa shape index (κ1) is 35.4. The topological polar surface area (TPSA) is 6.48 Å². The summed E-state index contributed by atoms with van der Waals surface area (Å²) in [6.07, 6.45) is 45.5. The fraction of sp³-hybridized carbons (Fsp3) is 0.944. The van der Waals surface area contributed by atoms with Gasteiger partial charge in [-0.05, 0) is 25.7 Å². The first-order valence-electron chi connectivity index (χ1n) is 18.0. The number of unbranched alkanes of at least 4 members (excludes halogenated alkanes) is 24. The average Bonchev–Trinajstić information content (AvgIpc) is 3.31. The van der Waals surface area contributed by atoms with Crippen LogP contribution in [0.4, 0.5) is 0 Å². The van der Waals surface area contributed by atoms with E-state index in [1.807, 2.05) is 0 Å². The normalized spacial score (nSPS) is 15.3. The van der Waals surface area contributed by atoms with Crippen LogP contribution < -0.4 is 0 Å². The van der Waals surface area contributed by atoms with Crippen molar-refractivity contribution in [3.05, 3.63) is 12.4 Å². The van der Waals surface area contributed by atoms with Gasteiger partial charge in [-0.2, -0.15) is 0 Å². The molecule has 1 heterocycles. The highest BCUT2D eigenvalue weighted by Crippen LogP contribution is 2.24. The number of nitrogens with zero attached hydrogens (tertiary/aromatic N) is 2. The van der Waals surface area contributed by atoms with Crippen LogP contribution in [0.25, 0.3) is 0 Å². The molecule has 0 N–H and O–H groups in total. The minimum Gasteiger partial charge on any atom is -0.356 e. The highest BCUT2D eigenvalue weighted by Gasteiger charge is 2.24. The Kier molecular flexibility index (Phi) is 26.0. The van der Waals surface area contributed by atoms with E-state index in [4.69, 9.17) is 0 Å². The minimum absolute atomic E-state index is 0.642. The van der Waals surface area contributed by atoms with Crippen LogP contribution in [0, 0.1) is 0 Å². The molecule has 0 amide bonds. The average molecular weight is 533 g/mol. The lowest BCUT2D eigenvalue weighted by molar-refractivity contribution is 0.135. The molecule has 1 aliphatic rings. The largest absolute Gasteiger partial charge is 0.356 e. The van der Waals surface area contributed by atoms with Crippen LogP contribution in [0.15, 0.2) is 12.4 Å². The van der Waals surface area contributed by atoms with Crippen LogP contribution in [0.5, 0.6) is 0 Å². The van der Waals surface area contributed by atoms with Crippen molar-refractivity contribution in [2.24, 2.45) is 0 Å². The lowest BCUT2D eigenvalue weighted by Gasteiger charge is -2.33. The number of rotatable bonds is 30. The molecule has 0 bridgehead atoms. The lowest BCUT2D eigenvalue weighted by atomic mass is 10.0. The molecule has 1 aliphatic heterocycles. The summed E-state index contributed by atoms with van der Waals surface area (Å²) >= 11 is 0. The maximum Gasteiger partial charge on any atom is 0.101 e. The predicted octanol–water partition coefficient (Wildman–Crippen LogP) is 12.4. The van der Waals surface area contributed by atoms with E-state index in [1.54, 1.807) is 0 Å². The Balaban J connectivity index is 2.15. The minimum atomic E-state index is 0.642. The van der Waals surface area contributed by atoms with Gasteiger partial charge in [0.2, 0.25) is 0 Å². The van der Waals surface area contributed by atoms with Crippen molar-refractivity contribution in [3.8, 4) is 0 Å². The van der Waals surface area contributed by atoms with Gasteiger partial charge in [-0.1, -0.05) is 175 Å². The third-order valence-corrected chi connectivity index (χ3v) is 8.82. The summed E-state index contributed by atoms with van der Waals surface area (Å²) in [4.78, 5) is 5.39. The van der Waals surface area contributed by atoms with Crippen LogP contribution in [-0.4, -0.2) is 29.1 Å². The molecule has 0 aromatic rings. The molecule has 0 spiro atoms. The maximum absolute atomic E-state index is 2.70. The van der Waals surface area contributed by atoms with Gasteiger partial charge < -0.3 is 9.80 Å². The first-order chi connectivity index (χ1) is 18.8. The van der Waals surface area contributed by atoms with Gasteiger partial charge in [-0.15, -0.1) is 0 Å². The molecule has 0 aromatic heterocycles. The second-order valence-electron chi connectivity index (χ2n) is 12.5. The van der Waals surface area contributed by atoms with Crippen LogP contribution >= 0.6 is 0 Å². The summed E-state index contributed by atoms with van der Waals surface area (Å²) in [6, 6.07) is 0. The molecule has 38 heavy (non-hydrogen) atoms. The first-order valence-corrected chi connectivity index (χ1v) is 18.0. The molecular weight excluding hydrogens is 460 g/mol. The second-order valence-corrected chi connectivity index (χ2v) is 12.5. The summed E-state index contributed by atoms with van der Waals surface area (Å²) in [5, 5.41) is 0. The van der Waals surface area contributed by atoms with Crippen LogP contribution in [0.1, 0.15) is 201 Å². The number of hydrogen-bond acceptors (Lipinski definition) is 2. The zero-order valence-corrected chi connectivity index (χ0v) is 26.8. The molecule has 1 atom stereocenters. The molecule has 0 saturated heterocycles. The van der Waals surface area contributed by atoms with Crippen molar-refractivity contribution >= 4 is 0 Å². The molecule has 0 fully saturated rings. The van der Waals surface area contributed by atoms with E-state index in [1.165, 1.54) is 193 Å². The van der Waals surface area contributed by atoms with Crippen LogP contribution in [0.3, 0.4) is 0 Å². The number of hydrogen-bond donors (Lipinski definition) is 0. The van der Waals surface area contributed by atoms with Crippen molar-refractivity contribution in [1.82, 2.24) is 9.80 Å². The van der Waals surface area contributed by atoms with Gasteiger partial charge in [0, 0.05) is 25.5 Å². The third kappa shape index (κ3) is 20.3. The maximum atomic E-state index is 2.70. The van der Waals surface area contributed by atoms with E-state index in [9.17, 15) is 0 Å². The molecule has 0 aromatic carbocycles. The molecule has 1 rings (SSSR count). The van der Waals surface area contributed by atoms with Crippen molar-refractivity contribution in [1.29, 1.82) is 0 Å². The van der Waals surface area contributed by atoms with Crippen LogP contribution in [0.2, 0.25) is 0 Å². The Morgan fingerprint density at radius 1 is 0.342 bits per heavy atom. The Bertz CT molecular complexity index is 488. The van der Waals surface area contributed by atoms with E-state index in [-0.39, 0.29) is 0 Å². The summed E-state index contributed by atoms with van der Waals surface area (Å²) in [5.74, 6) is 0. The molecule has 2 heteroatoms. The quantitative estimate of drug-likeness (QED) is 0.0848. The van der Waals surface area contributed by atoms with E-state index in [0.717, 1.165) is 0 Å². The molecule has 226 valence electrons. The summed E-state index contributed by atoms with van der Waals surface area (Å²) in [6.45, 7) is 9.47. The SMILES string of the molecule is CCCCCCCCCCCCCCCCN1C=CN(CCCCCCC)C1CCCCCCCCCC. The van der Waals surface area contributed by atoms with Gasteiger partial charge >= 0.3 is 0 Å². The highest BCUT2D eigenvalue weighted by molar-refractivity contribution is 4.97. The van der Waals surface area contributed by atoms with Crippen LogP contribution in [-0.2, 0) is 0 Å². The van der Waals surface area contributed by atoms with Crippen molar-refractivity contribution in [2.75, 3.05) is 13.1 Å². The standard InChI is InChI=1S/C36H72N2/c1-4-7-10-13-15-17-18-19-20-21-22-24-27-30-33-38-35-34-37(32-29-26-12-9-6-3)36(38)31-28-25-23-16-14-11-8-5-2/h34-36H,4-33H2,1-3H3. The van der Waals surface area contributed by atoms with E-state index in [0.29, 0.717) is 6.17 Å². The van der Waals surface area contributed by atoms with Gasteiger partial charge in [-0.3, -0.25) is 0 Å². The molecule has 1 unspecified atom stereocenters. The summed E-state index contributed by atoms with van der Waals surface area (Å²) in [5.41, 5.74) is 0. The Hall–Kier alpha value is -0.660. The van der Waals surface area contributed by atoms with Gasteiger partial charge in [0.1, 0.15) is 6.17 Å². The van der Waals surface area contributed by atoms with Crippen molar-refractivity contribution in [3.63, 3.8) is 0 Å². The monoisotopic (exact) mass is 533 g/mol. The molecular formula is C36H72N2. The zero-order valence-electron chi connectivity index (χ0n) is 26.8. The Labute approximate surface area is 241 Å². The third-order valence-electron chi connectivity index (χ3n) is 8.82. The lowest BCUT2D eigenvalue weighted by Crippen LogP contribution is -2.39. The molecule has 2 nitrogen and oxygen atoms in total. The van der Waals surface area contributed by atoms with Gasteiger partial charge in [0.25, 0.3) is 0 Å². The predicted molar refractivity (Wildman–Crippen MR) is 173 cm³/mol. The fourth-order valence-corrected chi connectivity index (χ4v) is 6.19. The summed E-state index contributed by atoms with van der Waals surface area (Å²) in [7, 11) is 0. The van der Waals surface area contributed by atoms with E-state index in [2.05, 4.69) is 43.0 Å². The van der Waals surface area contributed by atoms with Crippen molar-refractivity contribution in [2.45, 2.75) is 207 Å². The van der Waals surface area contributed by atoms with Gasteiger partial charge in [0.05, 0.1) is 0 Å². The Morgan fingerprint density at radius 3 is 0.921 bits per heavy atom. The smallest absolute Gasteiger partial charge is 0.101 e. The Morgan fingerprint density at radius 2 is 0.605 bits per heavy atom. The summed E-state index contributed by atoms with van der Waals surface area (Å²) < 4.78 is 0. The van der Waals surface area contributed by atoms with Gasteiger partial charge in [0.15, 0.2) is 0 Å². The molecule has 0 aliphatic carbocycles.